The Morgan fingerprint density at radius 3 is 2.82 bits per heavy atom. The Kier molecular flexibility index (Phi) is 6.45. The van der Waals surface area contributed by atoms with Gasteiger partial charge in [-0.05, 0) is 41.8 Å². The molecule has 0 spiro atoms. The molecule has 2 aromatic heterocycles. The Bertz CT molecular complexity index is 1220. The van der Waals surface area contributed by atoms with Crippen molar-refractivity contribution >= 4 is 25.2 Å². The highest BCUT2D eigenvalue weighted by molar-refractivity contribution is 6.76. The Morgan fingerprint density at radius 2 is 2.09 bits per heavy atom. The lowest BCUT2D eigenvalue weighted by Gasteiger charge is -2.26. The van der Waals surface area contributed by atoms with E-state index in [1.54, 1.807) is 12.3 Å². The van der Waals surface area contributed by atoms with Gasteiger partial charge in [-0.15, -0.1) is 6.42 Å². The van der Waals surface area contributed by atoms with Crippen LogP contribution in [0.4, 0.5) is 4.79 Å². The molecule has 8 heteroatoms. The van der Waals surface area contributed by atoms with E-state index in [1.165, 1.54) is 4.90 Å². The molecule has 0 aliphatic carbocycles. The number of carboxylic acid groups (broad SMARTS) is 1. The van der Waals surface area contributed by atoms with Crippen molar-refractivity contribution in [3.63, 3.8) is 0 Å². The first-order valence-corrected chi connectivity index (χ1v) is 14.8. The van der Waals surface area contributed by atoms with Crippen LogP contribution in [0.2, 0.25) is 25.7 Å². The predicted octanol–water partition coefficient (Wildman–Crippen LogP) is 5.16. The van der Waals surface area contributed by atoms with Crippen molar-refractivity contribution in [2.75, 3.05) is 13.2 Å². The first kappa shape index (κ1) is 22.9. The van der Waals surface area contributed by atoms with Crippen molar-refractivity contribution in [3.8, 4) is 23.8 Å². The van der Waals surface area contributed by atoms with Crippen molar-refractivity contribution in [1.82, 2.24) is 14.5 Å². The third-order valence-corrected chi connectivity index (χ3v) is 7.49. The predicted molar refractivity (Wildman–Crippen MR) is 130 cm³/mol. The van der Waals surface area contributed by atoms with Gasteiger partial charge in [-0.25, -0.2) is 9.78 Å². The summed E-state index contributed by atoms with van der Waals surface area (Å²) in [5.41, 5.74) is 3.50. The summed E-state index contributed by atoms with van der Waals surface area (Å²) in [4.78, 5) is 17.3. The number of nitrogens with zero attached hydrogens (tertiary/aromatic N) is 3. The Labute approximate surface area is 195 Å². The number of pyridine rings is 1. The van der Waals surface area contributed by atoms with Crippen LogP contribution in [0.5, 0.6) is 11.5 Å². The lowest BCUT2D eigenvalue weighted by atomic mass is 10.00. The number of fused-ring (bicyclic) bond motifs is 2. The Balaban J connectivity index is 1.58. The summed E-state index contributed by atoms with van der Waals surface area (Å²) in [7, 11) is -1.16. The molecule has 0 atom stereocenters. The van der Waals surface area contributed by atoms with Crippen molar-refractivity contribution in [3.05, 3.63) is 53.3 Å². The highest BCUT2D eigenvalue weighted by Gasteiger charge is 2.21. The molecular formula is C25H29N3O4Si. The normalized spacial score (nSPS) is 13.6. The van der Waals surface area contributed by atoms with Gasteiger partial charge in [-0.3, -0.25) is 0 Å². The minimum atomic E-state index is -1.16. The van der Waals surface area contributed by atoms with Crippen molar-refractivity contribution in [1.29, 1.82) is 0 Å². The van der Waals surface area contributed by atoms with Crippen LogP contribution in [-0.2, 0) is 24.4 Å². The first-order chi connectivity index (χ1) is 15.7. The van der Waals surface area contributed by atoms with Gasteiger partial charge in [0, 0.05) is 40.2 Å². The molecule has 1 aliphatic heterocycles. The van der Waals surface area contributed by atoms with Crippen LogP contribution in [0.1, 0.15) is 16.7 Å². The third kappa shape index (κ3) is 5.21. The molecule has 1 amide bonds. The number of benzene rings is 1. The maximum absolute atomic E-state index is 11.4. The second-order valence-electron chi connectivity index (χ2n) is 9.50. The first-order valence-electron chi connectivity index (χ1n) is 11.0. The summed E-state index contributed by atoms with van der Waals surface area (Å²) < 4.78 is 14.1. The molecule has 33 heavy (non-hydrogen) atoms. The highest BCUT2D eigenvalue weighted by atomic mass is 28.3. The standard InChI is InChI=1S/C25H29N3O4Si/c1-5-18-15-28(17-31-12-13-33(2,3)4)24-23(18)22(8-10-26-24)32-21-7-6-19-9-11-27(25(29)30)16-20(19)14-21/h1,6-8,10,14-15H,9,11-13,16-17H2,2-4H3,(H,29,30). The van der Waals surface area contributed by atoms with Gasteiger partial charge < -0.3 is 24.0 Å². The van der Waals surface area contributed by atoms with Crippen molar-refractivity contribution in [2.24, 2.45) is 0 Å². The van der Waals surface area contributed by atoms with Crippen LogP contribution in [0, 0.1) is 12.3 Å². The molecule has 0 saturated carbocycles. The van der Waals surface area contributed by atoms with E-state index in [-0.39, 0.29) is 0 Å². The van der Waals surface area contributed by atoms with Crippen LogP contribution >= 0.6 is 0 Å². The molecule has 1 aromatic carbocycles. The van der Waals surface area contributed by atoms with Gasteiger partial charge in [0.1, 0.15) is 23.9 Å². The largest absolute Gasteiger partial charge is 0.465 e. The van der Waals surface area contributed by atoms with E-state index in [9.17, 15) is 9.90 Å². The molecule has 0 fully saturated rings. The second kappa shape index (κ2) is 9.30. The average molecular weight is 464 g/mol. The van der Waals surface area contributed by atoms with E-state index >= 15 is 0 Å². The summed E-state index contributed by atoms with van der Waals surface area (Å²) in [5.74, 6) is 3.98. The van der Waals surface area contributed by atoms with E-state index in [0.29, 0.717) is 55.6 Å². The lowest BCUT2D eigenvalue weighted by Crippen LogP contribution is -2.34. The third-order valence-electron chi connectivity index (χ3n) is 5.79. The molecule has 0 bridgehead atoms. The molecule has 1 N–H and O–H groups in total. The van der Waals surface area contributed by atoms with Crippen LogP contribution in [-0.4, -0.2) is 46.9 Å². The zero-order valence-corrected chi connectivity index (χ0v) is 20.3. The SMILES string of the molecule is C#Cc1cn(COCC[Si](C)(C)C)c2nccc(Oc3ccc4c(c3)CN(C(=O)O)CC4)c12. The molecule has 3 aromatic rings. The molecule has 0 unspecified atom stereocenters. The van der Waals surface area contributed by atoms with Gasteiger partial charge >= 0.3 is 6.09 Å². The minimum Gasteiger partial charge on any atom is -0.465 e. The summed E-state index contributed by atoms with van der Waals surface area (Å²) in [6.45, 7) is 8.91. The topological polar surface area (TPSA) is 76.8 Å². The monoisotopic (exact) mass is 463 g/mol. The number of carbonyl (C=O) groups is 1. The summed E-state index contributed by atoms with van der Waals surface area (Å²) >= 11 is 0. The van der Waals surface area contributed by atoms with Crippen LogP contribution in [0.3, 0.4) is 0 Å². The highest BCUT2D eigenvalue weighted by Crippen LogP contribution is 2.34. The Hall–Kier alpha value is -3.28. The average Bonchev–Trinajstić information content (AvgIpc) is 3.14. The van der Waals surface area contributed by atoms with E-state index in [0.717, 1.165) is 22.6 Å². The molecular weight excluding hydrogens is 434 g/mol. The van der Waals surface area contributed by atoms with Crippen LogP contribution < -0.4 is 4.74 Å². The number of ether oxygens (including phenoxy) is 2. The number of hydrogen-bond acceptors (Lipinski definition) is 4. The molecule has 0 radical (unpaired) electrons. The number of aromatic nitrogens is 2. The fourth-order valence-electron chi connectivity index (χ4n) is 3.91. The fraction of sp³-hybridized carbons (Fsp3) is 0.360. The van der Waals surface area contributed by atoms with Gasteiger partial charge in [-0.2, -0.15) is 0 Å². The van der Waals surface area contributed by atoms with Crippen LogP contribution in [0.15, 0.2) is 36.7 Å². The van der Waals surface area contributed by atoms with Gasteiger partial charge in [0.25, 0.3) is 0 Å². The quantitative estimate of drug-likeness (QED) is 0.298. The molecule has 172 valence electrons. The smallest absolute Gasteiger partial charge is 0.407 e. The summed E-state index contributed by atoms with van der Waals surface area (Å²) in [5, 5.41) is 10.1. The molecule has 3 heterocycles. The zero-order chi connectivity index (χ0) is 23.6. The van der Waals surface area contributed by atoms with Crippen molar-refractivity contribution in [2.45, 2.75) is 45.4 Å². The second-order valence-corrected chi connectivity index (χ2v) is 15.1. The lowest BCUT2D eigenvalue weighted by molar-refractivity contribution is 0.0898. The van der Waals surface area contributed by atoms with E-state index < -0.39 is 14.2 Å². The maximum atomic E-state index is 11.4. The molecule has 0 saturated heterocycles. The van der Waals surface area contributed by atoms with Crippen LogP contribution in [0.25, 0.3) is 11.0 Å². The Morgan fingerprint density at radius 1 is 1.27 bits per heavy atom. The van der Waals surface area contributed by atoms with Gasteiger partial charge in [0.05, 0.1) is 10.9 Å². The van der Waals surface area contributed by atoms with Gasteiger partial charge in [-0.1, -0.05) is 31.6 Å². The molecule has 1 aliphatic rings. The molecule has 4 rings (SSSR count). The number of amides is 1. The van der Waals surface area contributed by atoms with E-state index in [1.807, 2.05) is 29.0 Å². The van der Waals surface area contributed by atoms with E-state index in [2.05, 4.69) is 30.5 Å². The zero-order valence-electron chi connectivity index (χ0n) is 19.3. The van der Waals surface area contributed by atoms with Gasteiger partial charge in [0.2, 0.25) is 0 Å². The fourth-order valence-corrected chi connectivity index (χ4v) is 4.66. The number of hydrogen-bond donors (Lipinski definition) is 1. The summed E-state index contributed by atoms with van der Waals surface area (Å²) in [6, 6.07) is 8.70. The summed E-state index contributed by atoms with van der Waals surface area (Å²) in [6.07, 6.45) is 9.15. The van der Waals surface area contributed by atoms with Gasteiger partial charge in [0.15, 0.2) is 0 Å². The van der Waals surface area contributed by atoms with Crippen molar-refractivity contribution < 1.29 is 19.4 Å². The number of rotatable bonds is 7. The minimum absolute atomic E-state index is 0.356. The number of terminal acetylenes is 1. The maximum Gasteiger partial charge on any atom is 0.407 e. The van der Waals surface area contributed by atoms with E-state index in [4.69, 9.17) is 15.9 Å². The molecule has 7 nitrogen and oxygen atoms in total.